The van der Waals surface area contributed by atoms with E-state index in [1.807, 2.05) is 0 Å². The number of alkyl halides is 3. The Morgan fingerprint density at radius 1 is 1.12 bits per heavy atom. The van der Waals surface area contributed by atoms with Crippen LogP contribution in [0.25, 0.3) is 0 Å². The zero-order chi connectivity index (χ0) is 18.1. The molecule has 0 spiro atoms. The van der Waals surface area contributed by atoms with Crippen LogP contribution < -0.4 is 4.90 Å². The number of hydrogen-bond donors (Lipinski definition) is 0. The lowest BCUT2D eigenvalue weighted by atomic mass is 10.0. The average molecular weight is 368 g/mol. The summed E-state index contributed by atoms with van der Waals surface area (Å²) in [6.07, 6.45) is 1.89. The van der Waals surface area contributed by atoms with Crippen LogP contribution in [0.1, 0.15) is 37.1 Å². The second-order valence-electron chi connectivity index (χ2n) is 6.80. The van der Waals surface area contributed by atoms with Crippen LogP contribution in [-0.2, 0) is 12.7 Å². The number of anilines is 1. The fraction of sp³-hybridized carbons (Fsp3) is 0.625. The highest BCUT2D eigenvalue weighted by Crippen LogP contribution is 2.37. The first-order valence-corrected chi connectivity index (χ1v) is 8.67. The summed E-state index contributed by atoms with van der Waals surface area (Å²) in [6.45, 7) is 2.36. The number of halogens is 3. The van der Waals surface area contributed by atoms with Gasteiger partial charge in [0, 0.05) is 37.8 Å². The zero-order valence-corrected chi connectivity index (χ0v) is 14.1. The van der Waals surface area contributed by atoms with E-state index in [-0.39, 0.29) is 12.1 Å². The van der Waals surface area contributed by atoms with Crippen molar-refractivity contribution in [3.05, 3.63) is 30.0 Å². The highest BCUT2D eigenvalue weighted by Gasteiger charge is 2.38. The molecule has 0 unspecified atom stereocenters. The van der Waals surface area contributed by atoms with Gasteiger partial charge in [0.05, 0.1) is 6.20 Å². The van der Waals surface area contributed by atoms with Crippen molar-refractivity contribution in [2.45, 2.75) is 50.5 Å². The molecule has 0 bridgehead atoms. The van der Waals surface area contributed by atoms with E-state index in [2.05, 4.69) is 34.7 Å². The average Bonchev–Trinajstić information content (AvgIpc) is 3.32. The number of nitrogens with zero attached hydrogens (tertiary/aromatic N) is 6. The van der Waals surface area contributed by atoms with E-state index in [4.69, 9.17) is 0 Å². The Labute approximate surface area is 148 Å². The summed E-state index contributed by atoms with van der Waals surface area (Å²) >= 11 is 0. The molecule has 2 aromatic heterocycles. The first kappa shape index (κ1) is 17.2. The van der Waals surface area contributed by atoms with Gasteiger partial charge in [0.15, 0.2) is 0 Å². The molecule has 4 rings (SSSR count). The van der Waals surface area contributed by atoms with E-state index in [9.17, 15) is 13.2 Å². The van der Waals surface area contributed by atoms with Crippen molar-refractivity contribution in [3.8, 4) is 0 Å². The number of likely N-dealkylation sites (tertiary alicyclic amines) is 1. The summed E-state index contributed by atoms with van der Waals surface area (Å²) < 4.78 is 43.6. The molecule has 0 radical (unpaired) electrons. The van der Waals surface area contributed by atoms with Gasteiger partial charge in [-0.05, 0) is 25.7 Å². The third-order valence-corrected chi connectivity index (χ3v) is 4.89. The van der Waals surface area contributed by atoms with Gasteiger partial charge in [-0.3, -0.25) is 4.90 Å². The smallest absolute Gasteiger partial charge is 0.350 e. The second kappa shape index (κ2) is 6.82. The topological polar surface area (TPSA) is 71.2 Å². The number of piperidine rings is 1. The Bertz CT molecular complexity index is 726. The molecule has 1 saturated heterocycles. The lowest BCUT2D eigenvalue weighted by Crippen LogP contribution is -2.46. The van der Waals surface area contributed by atoms with Crippen LogP contribution >= 0.6 is 0 Å². The van der Waals surface area contributed by atoms with Gasteiger partial charge >= 0.3 is 6.18 Å². The Morgan fingerprint density at radius 2 is 1.85 bits per heavy atom. The molecule has 2 fully saturated rings. The van der Waals surface area contributed by atoms with Crippen LogP contribution in [0, 0.1) is 0 Å². The Kier molecular flexibility index (Phi) is 4.51. The summed E-state index contributed by atoms with van der Waals surface area (Å²) in [4.78, 5) is 11.8. The highest BCUT2D eigenvalue weighted by atomic mass is 19.4. The van der Waals surface area contributed by atoms with Crippen molar-refractivity contribution in [1.82, 2.24) is 25.2 Å². The largest absolute Gasteiger partial charge is 0.433 e. The highest BCUT2D eigenvalue weighted by molar-refractivity contribution is 5.44. The van der Waals surface area contributed by atoms with Gasteiger partial charge in [0.25, 0.3) is 0 Å². The first-order valence-electron chi connectivity index (χ1n) is 8.67. The molecule has 0 atom stereocenters. The van der Waals surface area contributed by atoms with Crippen molar-refractivity contribution in [3.63, 3.8) is 0 Å². The molecule has 2 aliphatic rings. The summed E-state index contributed by atoms with van der Waals surface area (Å²) in [5.41, 5.74) is -0.0998. The van der Waals surface area contributed by atoms with E-state index in [1.165, 1.54) is 0 Å². The van der Waals surface area contributed by atoms with Crippen LogP contribution in [0.15, 0.2) is 23.2 Å². The van der Waals surface area contributed by atoms with Gasteiger partial charge in [0.1, 0.15) is 23.5 Å². The Balaban J connectivity index is 1.45. The molecule has 3 heterocycles. The molecule has 10 heteroatoms. The molecule has 140 valence electrons. The predicted octanol–water partition coefficient (Wildman–Crippen LogP) is 2.51. The van der Waals surface area contributed by atoms with Gasteiger partial charge < -0.3 is 4.90 Å². The summed E-state index contributed by atoms with van der Waals surface area (Å²) in [5, 5.41) is 7.42. The van der Waals surface area contributed by atoms with Crippen molar-refractivity contribution < 1.29 is 17.8 Å². The van der Waals surface area contributed by atoms with Crippen molar-refractivity contribution >= 4 is 5.82 Å². The van der Waals surface area contributed by atoms with Gasteiger partial charge in [-0.15, -0.1) is 0 Å². The standard InChI is InChI=1S/C16H19F3N6O/c17-16(18,19)14-7-15(21-10-20-14)25(12-1-2-12)13-3-5-24(6-4-13)9-11-8-22-26-23-11/h7-8,10,12-13H,1-6,9H2. The minimum atomic E-state index is -4.46. The molecule has 1 aliphatic carbocycles. The minimum absolute atomic E-state index is 0.185. The van der Waals surface area contributed by atoms with Gasteiger partial charge in [-0.1, -0.05) is 10.3 Å². The monoisotopic (exact) mass is 368 g/mol. The maximum absolute atomic E-state index is 13.0. The van der Waals surface area contributed by atoms with Gasteiger partial charge in [0.2, 0.25) is 0 Å². The van der Waals surface area contributed by atoms with Gasteiger partial charge in [-0.2, -0.15) is 13.2 Å². The van der Waals surface area contributed by atoms with Crippen molar-refractivity contribution in [2.24, 2.45) is 0 Å². The molecular formula is C16H19F3N6O. The second-order valence-corrected chi connectivity index (χ2v) is 6.80. The number of hydrogen-bond acceptors (Lipinski definition) is 7. The molecule has 0 amide bonds. The molecule has 1 aliphatic heterocycles. The molecule has 7 nitrogen and oxygen atoms in total. The molecule has 1 saturated carbocycles. The van der Waals surface area contributed by atoms with E-state index >= 15 is 0 Å². The quantitative estimate of drug-likeness (QED) is 0.803. The lowest BCUT2D eigenvalue weighted by molar-refractivity contribution is -0.141. The van der Waals surface area contributed by atoms with E-state index in [1.54, 1.807) is 6.20 Å². The summed E-state index contributed by atoms with van der Waals surface area (Å²) in [5.74, 6) is 0.383. The SMILES string of the molecule is FC(F)(F)c1cc(N(C2CC2)C2CCN(Cc3cnon3)CC2)ncn1. The third kappa shape index (κ3) is 3.79. The fourth-order valence-corrected chi connectivity index (χ4v) is 3.51. The summed E-state index contributed by atoms with van der Waals surface area (Å²) in [7, 11) is 0. The van der Waals surface area contributed by atoms with Crippen LogP contribution in [-0.4, -0.2) is 50.4 Å². The normalized spacial score (nSPS) is 19.7. The first-order chi connectivity index (χ1) is 12.5. The summed E-state index contributed by atoms with van der Waals surface area (Å²) in [6, 6.07) is 1.54. The van der Waals surface area contributed by atoms with E-state index in [0.717, 1.165) is 56.9 Å². The lowest BCUT2D eigenvalue weighted by Gasteiger charge is -2.39. The van der Waals surface area contributed by atoms with Crippen LogP contribution in [0.3, 0.4) is 0 Å². The number of rotatable bonds is 5. The molecular weight excluding hydrogens is 349 g/mol. The predicted molar refractivity (Wildman–Crippen MR) is 85.1 cm³/mol. The van der Waals surface area contributed by atoms with Crippen LogP contribution in [0.4, 0.5) is 19.0 Å². The van der Waals surface area contributed by atoms with Crippen molar-refractivity contribution in [2.75, 3.05) is 18.0 Å². The van der Waals surface area contributed by atoms with E-state index < -0.39 is 11.9 Å². The van der Waals surface area contributed by atoms with E-state index in [0.29, 0.717) is 12.4 Å². The molecule has 0 aromatic carbocycles. The Morgan fingerprint density at radius 3 is 2.46 bits per heavy atom. The molecule has 0 N–H and O–H groups in total. The molecule has 26 heavy (non-hydrogen) atoms. The van der Waals surface area contributed by atoms with Crippen molar-refractivity contribution in [1.29, 1.82) is 0 Å². The van der Waals surface area contributed by atoms with Crippen LogP contribution in [0.5, 0.6) is 0 Å². The zero-order valence-electron chi connectivity index (χ0n) is 14.1. The minimum Gasteiger partial charge on any atom is -0.350 e. The van der Waals surface area contributed by atoms with Crippen LogP contribution in [0.2, 0.25) is 0 Å². The Hall–Kier alpha value is -2.23. The molecule has 2 aromatic rings. The third-order valence-electron chi connectivity index (χ3n) is 4.89. The number of aromatic nitrogens is 4. The fourth-order valence-electron chi connectivity index (χ4n) is 3.51. The maximum Gasteiger partial charge on any atom is 0.433 e. The van der Waals surface area contributed by atoms with Gasteiger partial charge in [-0.25, -0.2) is 14.6 Å². The maximum atomic E-state index is 13.0.